The fourth-order valence-electron chi connectivity index (χ4n) is 2.02. The summed E-state index contributed by atoms with van der Waals surface area (Å²) in [5, 5.41) is 13.6. The van der Waals surface area contributed by atoms with E-state index in [1.165, 1.54) is 6.07 Å². The average Bonchev–Trinajstić information content (AvgIpc) is 2.54. The third-order valence-electron chi connectivity index (χ3n) is 3.05. The maximum atomic E-state index is 13.1. The number of halogens is 1. The van der Waals surface area contributed by atoms with Gasteiger partial charge in [-0.3, -0.25) is 19.7 Å². The summed E-state index contributed by atoms with van der Waals surface area (Å²) in [6.45, 7) is 1.96. The summed E-state index contributed by atoms with van der Waals surface area (Å²) in [7, 11) is 0. The average molecular weight is 366 g/mol. The van der Waals surface area contributed by atoms with E-state index in [1.807, 2.05) is 6.92 Å². The number of nitro benzene ring substituents is 1. The maximum absolute atomic E-state index is 13.1. The molecular formula is C15H15FN4O4S. The van der Waals surface area contributed by atoms with Crippen molar-refractivity contribution in [2.24, 2.45) is 0 Å². The zero-order valence-electron chi connectivity index (χ0n) is 13.2. The van der Waals surface area contributed by atoms with Crippen molar-refractivity contribution in [3.63, 3.8) is 0 Å². The lowest BCUT2D eigenvalue weighted by molar-refractivity contribution is -0.384. The molecule has 2 rings (SSSR count). The lowest BCUT2D eigenvalue weighted by Crippen LogP contribution is -2.16. The number of amides is 1. The number of hydrogen-bond donors (Lipinski definition) is 2. The van der Waals surface area contributed by atoms with Gasteiger partial charge in [-0.1, -0.05) is 25.1 Å². The van der Waals surface area contributed by atoms with Gasteiger partial charge in [-0.2, -0.15) is 0 Å². The molecule has 1 aromatic heterocycles. The third-order valence-corrected chi connectivity index (χ3v) is 3.92. The number of aryl methyl sites for hydroxylation is 1. The van der Waals surface area contributed by atoms with Crippen LogP contribution in [0.1, 0.15) is 19.0 Å². The second kappa shape index (κ2) is 8.38. The lowest BCUT2D eigenvalue weighted by Gasteiger charge is -2.06. The topological polar surface area (TPSA) is 118 Å². The number of carbonyl (C=O) groups excluding carboxylic acids is 1. The van der Waals surface area contributed by atoms with Crippen molar-refractivity contribution in [1.82, 2.24) is 9.97 Å². The third kappa shape index (κ3) is 5.38. The van der Waals surface area contributed by atoms with Crippen LogP contribution in [0.3, 0.4) is 0 Å². The van der Waals surface area contributed by atoms with Gasteiger partial charge in [0.1, 0.15) is 11.5 Å². The minimum Gasteiger partial charge on any atom is -0.320 e. The number of anilines is 1. The number of hydrogen-bond acceptors (Lipinski definition) is 6. The Bertz CT molecular complexity index is 856. The molecule has 2 aromatic rings. The molecule has 0 aliphatic rings. The Morgan fingerprint density at radius 3 is 2.88 bits per heavy atom. The molecule has 0 radical (unpaired) electrons. The molecule has 132 valence electrons. The van der Waals surface area contributed by atoms with Crippen molar-refractivity contribution >= 4 is 29.0 Å². The summed E-state index contributed by atoms with van der Waals surface area (Å²) in [5.74, 6) is -1.43. The highest BCUT2D eigenvalue weighted by Gasteiger charge is 2.17. The van der Waals surface area contributed by atoms with Gasteiger partial charge in [-0.05, 0) is 18.6 Å². The second-order valence-electron chi connectivity index (χ2n) is 5.05. The predicted octanol–water partition coefficient (Wildman–Crippen LogP) is 2.50. The highest BCUT2D eigenvalue weighted by Crippen LogP contribution is 2.25. The van der Waals surface area contributed by atoms with Crippen molar-refractivity contribution in [1.29, 1.82) is 0 Å². The van der Waals surface area contributed by atoms with Crippen LogP contribution >= 0.6 is 11.8 Å². The van der Waals surface area contributed by atoms with E-state index in [4.69, 9.17) is 0 Å². The molecule has 10 heteroatoms. The van der Waals surface area contributed by atoms with Gasteiger partial charge < -0.3 is 10.3 Å². The molecule has 1 amide bonds. The summed E-state index contributed by atoms with van der Waals surface area (Å²) in [6, 6.07) is 4.27. The Kier molecular flexibility index (Phi) is 6.23. The Morgan fingerprint density at radius 2 is 2.20 bits per heavy atom. The summed E-state index contributed by atoms with van der Waals surface area (Å²) in [6.07, 6.45) is 1.47. The Morgan fingerprint density at radius 1 is 1.44 bits per heavy atom. The standard InChI is InChI=1S/C15H15FN4O4S/c1-2-3-10-7-13(21)19-15(17-10)25-8-14(22)18-11-5-4-9(16)6-12(11)20(23)24/h4-7H,2-3,8H2,1H3,(H,18,22)(H,17,19,21). The van der Waals surface area contributed by atoms with Crippen LogP contribution < -0.4 is 10.9 Å². The Balaban J connectivity index is 2.04. The van der Waals surface area contributed by atoms with Gasteiger partial charge in [0, 0.05) is 11.8 Å². The number of benzene rings is 1. The van der Waals surface area contributed by atoms with Crippen LogP contribution in [-0.4, -0.2) is 26.6 Å². The largest absolute Gasteiger partial charge is 0.320 e. The molecular weight excluding hydrogens is 351 g/mol. The molecule has 0 spiro atoms. The van der Waals surface area contributed by atoms with E-state index in [9.17, 15) is 24.1 Å². The van der Waals surface area contributed by atoms with Crippen LogP contribution in [0.4, 0.5) is 15.8 Å². The minimum absolute atomic E-state index is 0.0989. The molecule has 0 bridgehead atoms. The lowest BCUT2D eigenvalue weighted by atomic mass is 10.2. The van der Waals surface area contributed by atoms with Crippen LogP contribution in [0.2, 0.25) is 0 Å². The van der Waals surface area contributed by atoms with Crippen LogP contribution in [0, 0.1) is 15.9 Å². The van der Waals surface area contributed by atoms with E-state index in [1.54, 1.807) is 0 Å². The normalized spacial score (nSPS) is 10.5. The van der Waals surface area contributed by atoms with Crippen LogP contribution in [0.15, 0.2) is 34.2 Å². The van der Waals surface area contributed by atoms with Gasteiger partial charge in [0.15, 0.2) is 5.16 Å². The van der Waals surface area contributed by atoms with Gasteiger partial charge in [0.25, 0.3) is 11.2 Å². The van der Waals surface area contributed by atoms with Crippen molar-refractivity contribution < 1.29 is 14.1 Å². The molecule has 8 nitrogen and oxygen atoms in total. The van der Waals surface area contributed by atoms with Gasteiger partial charge in [-0.25, -0.2) is 9.37 Å². The molecule has 0 atom stereocenters. The van der Waals surface area contributed by atoms with E-state index < -0.39 is 22.3 Å². The maximum Gasteiger partial charge on any atom is 0.295 e. The van der Waals surface area contributed by atoms with Crippen molar-refractivity contribution in [2.75, 3.05) is 11.1 Å². The molecule has 0 fully saturated rings. The molecule has 0 aliphatic heterocycles. The number of aromatic nitrogens is 2. The fraction of sp³-hybridized carbons (Fsp3) is 0.267. The molecule has 1 heterocycles. The van der Waals surface area contributed by atoms with E-state index >= 15 is 0 Å². The summed E-state index contributed by atoms with van der Waals surface area (Å²) in [4.78, 5) is 40.4. The smallest absolute Gasteiger partial charge is 0.295 e. The Hall–Kier alpha value is -2.75. The number of nitro groups is 1. The first-order valence-corrected chi connectivity index (χ1v) is 8.34. The van der Waals surface area contributed by atoms with E-state index in [0.717, 1.165) is 36.4 Å². The van der Waals surface area contributed by atoms with E-state index in [-0.39, 0.29) is 17.0 Å². The van der Waals surface area contributed by atoms with Gasteiger partial charge >= 0.3 is 0 Å². The molecule has 0 aliphatic carbocycles. The zero-order valence-corrected chi connectivity index (χ0v) is 14.1. The summed E-state index contributed by atoms with van der Waals surface area (Å²) in [5.41, 5.74) is -0.313. The highest BCUT2D eigenvalue weighted by atomic mass is 32.2. The van der Waals surface area contributed by atoms with E-state index in [0.29, 0.717) is 17.3 Å². The number of aromatic amines is 1. The number of nitrogens with zero attached hydrogens (tertiary/aromatic N) is 2. The van der Waals surface area contributed by atoms with Crippen LogP contribution in [0.5, 0.6) is 0 Å². The fourth-order valence-corrected chi connectivity index (χ4v) is 2.71. The van der Waals surface area contributed by atoms with Crippen molar-refractivity contribution in [3.05, 3.63) is 56.2 Å². The number of nitrogens with one attached hydrogen (secondary N) is 2. The molecule has 0 unspecified atom stereocenters. The molecule has 1 aromatic carbocycles. The first kappa shape index (κ1) is 18.6. The first-order valence-electron chi connectivity index (χ1n) is 7.36. The predicted molar refractivity (Wildman–Crippen MR) is 91.3 cm³/mol. The Labute approximate surface area is 146 Å². The zero-order chi connectivity index (χ0) is 18.4. The highest BCUT2D eigenvalue weighted by molar-refractivity contribution is 7.99. The molecule has 0 saturated heterocycles. The van der Waals surface area contributed by atoms with Gasteiger partial charge in [0.05, 0.1) is 16.7 Å². The number of thioether (sulfide) groups is 1. The summed E-state index contributed by atoms with van der Waals surface area (Å²) >= 11 is 0.997. The van der Waals surface area contributed by atoms with Gasteiger partial charge in [0.2, 0.25) is 5.91 Å². The van der Waals surface area contributed by atoms with Crippen molar-refractivity contribution in [3.8, 4) is 0 Å². The first-order chi connectivity index (χ1) is 11.9. The number of rotatable bonds is 7. The van der Waals surface area contributed by atoms with Crippen molar-refractivity contribution in [2.45, 2.75) is 24.9 Å². The van der Waals surface area contributed by atoms with Crippen LogP contribution in [-0.2, 0) is 11.2 Å². The molecule has 25 heavy (non-hydrogen) atoms. The SMILES string of the molecule is CCCc1cc(=O)[nH]c(SCC(=O)Nc2ccc(F)cc2[N+](=O)[O-])n1. The van der Waals surface area contributed by atoms with Gasteiger partial charge in [-0.15, -0.1) is 0 Å². The second-order valence-corrected chi connectivity index (χ2v) is 6.01. The minimum atomic E-state index is -0.779. The molecule has 0 saturated carbocycles. The molecule has 2 N–H and O–H groups in total. The van der Waals surface area contributed by atoms with Crippen LogP contribution in [0.25, 0.3) is 0 Å². The number of H-pyrrole nitrogens is 1. The number of carbonyl (C=O) groups is 1. The summed E-state index contributed by atoms with van der Waals surface area (Å²) < 4.78 is 13.1. The quantitative estimate of drug-likeness (QED) is 0.336. The van der Waals surface area contributed by atoms with E-state index in [2.05, 4.69) is 15.3 Å². The monoisotopic (exact) mass is 366 g/mol.